The van der Waals surface area contributed by atoms with E-state index in [0.717, 1.165) is 5.39 Å². The van der Waals surface area contributed by atoms with Crippen LogP contribution in [0.3, 0.4) is 0 Å². The van der Waals surface area contributed by atoms with E-state index in [2.05, 4.69) is 10.3 Å². The number of benzene rings is 2. The van der Waals surface area contributed by atoms with Crippen LogP contribution in [0.5, 0.6) is 0 Å². The molecule has 5 nitrogen and oxygen atoms in total. The van der Waals surface area contributed by atoms with Gasteiger partial charge in [-0.1, -0.05) is 18.2 Å². The summed E-state index contributed by atoms with van der Waals surface area (Å²) < 4.78 is 0. The summed E-state index contributed by atoms with van der Waals surface area (Å²) in [4.78, 5) is 25.8. The Kier molecular flexibility index (Phi) is 3.16. The first kappa shape index (κ1) is 12.9. The second-order valence-electron chi connectivity index (χ2n) is 4.61. The fourth-order valence-electron chi connectivity index (χ4n) is 2.12. The maximum absolute atomic E-state index is 12.1. The van der Waals surface area contributed by atoms with Gasteiger partial charge >= 0.3 is 5.97 Å². The molecule has 0 saturated heterocycles. The molecule has 0 saturated carbocycles. The Hall–Kier alpha value is -3.08. The van der Waals surface area contributed by atoms with Gasteiger partial charge in [-0.05, 0) is 36.4 Å². The number of carboxylic acid groups (broad SMARTS) is 1. The Labute approximate surface area is 120 Å². The number of carbonyl (C=O) groups is 2. The van der Waals surface area contributed by atoms with E-state index in [1.165, 1.54) is 6.07 Å². The Morgan fingerprint density at radius 3 is 2.48 bits per heavy atom. The summed E-state index contributed by atoms with van der Waals surface area (Å²) in [5.74, 6) is -1.22. The summed E-state index contributed by atoms with van der Waals surface area (Å²) in [6, 6.07) is 15.6. The van der Waals surface area contributed by atoms with Crippen LogP contribution in [0, 0.1) is 0 Å². The van der Waals surface area contributed by atoms with Gasteiger partial charge in [-0.25, -0.2) is 4.79 Å². The molecule has 0 aliphatic carbocycles. The molecule has 1 heterocycles. The predicted octanol–water partition coefficient (Wildman–Crippen LogP) is 3.12. The first-order chi connectivity index (χ1) is 10.1. The monoisotopic (exact) mass is 280 g/mol. The SMILES string of the molecule is O=C(Nc1ccc2[nH]c(C(=O)O)cc2c1)c1ccccc1. The van der Waals surface area contributed by atoms with E-state index < -0.39 is 5.97 Å². The second-order valence-corrected chi connectivity index (χ2v) is 4.61. The van der Waals surface area contributed by atoms with Crippen LogP contribution < -0.4 is 5.32 Å². The van der Waals surface area contributed by atoms with Gasteiger partial charge in [0.1, 0.15) is 5.69 Å². The molecule has 0 aliphatic heterocycles. The maximum Gasteiger partial charge on any atom is 0.352 e. The molecule has 1 aromatic heterocycles. The van der Waals surface area contributed by atoms with Crippen molar-refractivity contribution in [2.24, 2.45) is 0 Å². The number of hydrogen-bond acceptors (Lipinski definition) is 2. The van der Waals surface area contributed by atoms with Crippen molar-refractivity contribution in [1.29, 1.82) is 0 Å². The van der Waals surface area contributed by atoms with Crippen molar-refractivity contribution < 1.29 is 14.7 Å². The summed E-state index contributed by atoms with van der Waals surface area (Å²) in [6.07, 6.45) is 0. The van der Waals surface area contributed by atoms with Gasteiger partial charge in [-0.3, -0.25) is 4.79 Å². The number of fused-ring (bicyclic) bond motifs is 1. The van der Waals surface area contributed by atoms with Crippen LogP contribution in [-0.2, 0) is 0 Å². The highest BCUT2D eigenvalue weighted by atomic mass is 16.4. The third-order valence-corrected chi connectivity index (χ3v) is 3.14. The van der Waals surface area contributed by atoms with Crippen LogP contribution in [-0.4, -0.2) is 22.0 Å². The van der Waals surface area contributed by atoms with Crippen molar-refractivity contribution in [3.05, 3.63) is 65.9 Å². The number of nitrogens with one attached hydrogen (secondary N) is 2. The summed E-state index contributed by atoms with van der Waals surface area (Å²) in [5.41, 5.74) is 2.02. The molecule has 2 aromatic carbocycles. The Balaban J connectivity index is 1.87. The van der Waals surface area contributed by atoms with E-state index in [-0.39, 0.29) is 11.6 Å². The third kappa shape index (κ3) is 2.62. The number of carboxylic acids is 1. The van der Waals surface area contributed by atoms with Gasteiger partial charge in [-0.2, -0.15) is 0 Å². The van der Waals surface area contributed by atoms with Crippen LogP contribution in [0.25, 0.3) is 10.9 Å². The second kappa shape index (κ2) is 5.13. The van der Waals surface area contributed by atoms with E-state index in [0.29, 0.717) is 16.8 Å². The number of hydrogen-bond donors (Lipinski definition) is 3. The van der Waals surface area contributed by atoms with Crippen molar-refractivity contribution in [1.82, 2.24) is 4.98 Å². The fraction of sp³-hybridized carbons (Fsp3) is 0. The van der Waals surface area contributed by atoms with Gasteiger partial charge in [0, 0.05) is 22.2 Å². The summed E-state index contributed by atoms with van der Waals surface area (Å²) >= 11 is 0. The zero-order valence-electron chi connectivity index (χ0n) is 11.0. The molecule has 3 aromatic rings. The maximum atomic E-state index is 12.1. The third-order valence-electron chi connectivity index (χ3n) is 3.14. The van der Waals surface area contributed by atoms with Gasteiger partial charge in [0.25, 0.3) is 5.91 Å². The molecule has 0 bridgehead atoms. The lowest BCUT2D eigenvalue weighted by atomic mass is 10.2. The molecule has 0 radical (unpaired) electrons. The molecule has 0 fully saturated rings. The summed E-state index contributed by atoms with van der Waals surface area (Å²) in [7, 11) is 0. The zero-order valence-corrected chi connectivity index (χ0v) is 11.0. The van der Waals surface area contributed by atoms with Crippen molar-refractivity contribution >= 4 is 28.5 Å². The van der Waals surface area contributed by atoms with Crippen LogP contribution in [0.4, 0.5) is 5.69 Å². The highest BCUT2D eigenvalue weighted by Gasteiger charge is 2.09. The van der Waals surface area contributed by atoms with E-state index in [4.69, 9.17) is 5.11 Å². The molecule has 21 heavy (non-hydrogen) atoms. The van der Waals surface area contributed by atoms with Crippen LogP contribution in [0.15, 0.2) is 54.6 Å². The van der Waals surface area contributed by atoms with E-state index in [1.54, 1.807) is 42.5 Å². The Bertz CT molecular complexity index is 822. The summed E-state index contributed by atoms with van der Waals surface area (Å²) in [5, 5.41) is 12.5. The quantitative estimate of drug-likeness (QED) is 0.689. The average Bonchev–Trinajstić information content (AvgIpc) is 2.91. The first-order valence-electron chi connectivity index (χ1n) is 6.36. The van der Waals surface area contributed by atoms with Crippen LogP contribution in [0.2, 0.25) is 0 Å². The standard InChI is InChI=1S/C16H12N2O3/c19-15(10-4-2-1-3-5-10)17-12-6-7-13-11(8-12)9-14(18-13)16(20)21/h1-9,18H,(H,17,19)(H,20,21). The van der Waals surface area contributed by atoms with E-state index in [9.17, 15) is 9.59 Å². The van der Waals surface area contributed by atoms with Crippen LogP contribution >= 0.6 is 0 Å². The van der Waals surface area contributed by atoms with Gasteiger partial charge in [0.05, 0.1) is 0 Å². The highest BCUT2D eigenvalue weighted by molar-refractivity contribution is 6.05. The minimum Gasteiger partial charge on any atom is -0.477 e. The number of anilines is 1. The lowest BCUT2D eigenvalue weighted by Crippen LogP contribution is -2.11. The van der Waals surface area contributed by atoms with E-state index in [1.807, 2.05) is 6.07 Å². The lowest BCUT2D eigenvalue weighted by Gasteiger charge is -2.05. The van der Waals surface area contributed by atoms with Crippen LogP contribution in [0.1, 0.15) is 20.8 Å². The zero-order chi connectivity index (χ0) is 14.8. The molecule has 5 heteroatoms. The van der Waals surface area contributed by atoms with Crippen molar-refractivity contribution in [2.45, 2.75) is 0 Å². The molecule has 0 unspecified atom stereocenters. The number of rotatable bonds is 3. The molecule has 1 amide bonds. The first-order valence-corrected chi connectivity index (χ1v) is 6.36. The van der Waals surface area contributed by atoms with Gasteiger partial charge < -0.3 is 15.4 Å². The minimum atomic E-state index is -1.01. The minimum absolute atomic E-state index is 0.122. The average molecular weight is 280 g/mol. The number of carbonyl (C=O) groups excluding carboxylic acids is 1. The van der Waals surface area contributed by atoms with E-state index >= 15 is 0 Å². The largest absolute Gasteiger partial charge is 0.477 e. The topological polar surface area (TPSA) is 82.2 Å². The Morgan fingerprint density at radius 1 is 1.00 bits per heavy atom. The molecule has 0 aliphatic rings. The number of H-pyrrole nitrogens is 1. The van der Waals surface area contributed by atoms with Gasteiger partial charge in [0.2, 0.25) is 0 Å². The normalized spacial score (nSPS) is 10.5. The fourth-order valence-corrected chi connectivity index (χ4v) is 2.12. The molecule has 3 N–H and O–H groups in total. The van der Waals surface area contributed by atoms with Crippen molar-refractivity contribution in [2.75, 3.05) is 5.32 Å². The van der Waals surface area contributed by atoms with Crippen molar-refractivity contribution in [3.8, 4) is 0 Å². The Morgan fingerprint density at radius 2 is 1.76 bits per heavy atom. The number of amides is 1. The van der Waals surface area contributed by atoms with Gasteiger partial charge in [0.15, 0.2) is 0 Å². The summed E-state index contributed by atoms with van der Waals surface area (Å²) in [6.45, 7) is 0. The number of aromatic amines is 1. The smallest absolute Gasteiger partial charge is 0.352 e. The molecule has 0 spiro atoms. The molecular formula is C16H12N2O3. The highest BCUT2D eigenvalue weighted by Crippen LogP contribution is 2.20. The molecule has 0 atom stereocenters. The number of aromatic carboxylic acids is 1. The number of aromatic nitrogens is 1. The lowest BCUT2D eigenvalue weighted by molar-refractivity contribution is 0.0691. The predicted molar refractivity (Wildman–Crippen MR) is 79.7 cm³/mol. The van der Waals surface area contributed by atoms with Crippen molar-refractivity contribution in [3.63, 3.8) is 0 Å². The molecule has 104 valence electrons. The molecule has 3 rings (SSSR count). The molecular weight excluding hydrogens is 268 g/mol. The van der Waals surface area contributed by atoms with Gasteiger partial charge in [-0.15, -0.1) is 0 Å².